The zero-order valence-corrected chi connectivity index (χ0v) is 19.5. The summed E-state index contributed by atoms with van der Waals surface area (Å²) >= 11 is 8.68. The maximum atomic E-state index is 12.6. The third kappa shape index (κ3) is 4.85. The number of aromatic nitrogens is 2. The molecular weight excluding hydrogens is 518 g/mol. The largest absolute Gasteiger partial charge is 0.383 e. The molecule has 1 amide bonds. The van der Waals surface area contributed by atoms with E-state index in [0.29, 0.717) is 25.5 Å². The van der Waals surface area contributed by atoms with Gasteiger partial charge in [0.25, 0.3) is 0 Å². The van der Waals surface area contributed by atoms with Crippen LogP contribution in [0.4, 0.5) is 5.82 Å². The number of benzene rings is 1. The molecule has 4 rings (SSSR count). The number of rotatable bonds is 5. The van der Waals surface area contributed by atoms with Gasteiger partial charge in [-0.15, -0.1) is 11.3 Å². The number of thiophene rings is 1. The van der Waals surface area contributed by atoms with Crippen molar-refractivity contribution in [2.24, 2.45) is 0 Å². The van der Waals surface area contributed by atoms with E-state index in [4.69, 9.17) is 5.73 Å². The highest BCUT2D eigenvalue weighted by Gasteiger charge is 2.23. The van der Waals surface area contributed by atoms with E-state index in [0.717, 1.165) is 37.8 Å². The van der Waals surface area contributed by atoms with Gasteiger partial charge in [0.1, 0.15) is 12.1 Å². The minimum Gasteiger partial charge on any atom is -0.383 e. The number of nitrogens with zero attached hydrogens (tertiary/aromatic N) is 4. The van der Waals surface area contributed by atoms with Crippen molar-refractivity contribution in [1.82, 2.24) is 19.8 Å². The Kier molecular flexibility index (Phi) is 6.29. The second kappa shape index (κ2) is 8.91. The van der Waals surface area contributed by atoms with Crippen molar-refractivity contribution in [2.75, 3.05) is 31.9 Å². The van der Waals surface area contributed by atoms with Crippen LogP contribution < -0.4 is 5.73 Å². The van der Waals surface area contributed by atoms with Gasteiger partial charge in [0.15, 0.2) is 0 Å². The highest BCUT2D eigenvalue weighted by atomic mass is 79.9. The minimum atomic E-state index is 0.147. The SMILES string of the molecule is Nc1ncnc2cc(CN3CCN(CC=Cc4cc(Br)c(Br)s4)CC3=O)ccc12. The molecule has 0 spiro atoms. The third-order valence-electron chi connectivity index (χ3n) is 4.81. The molecule has 6 nitrogen and oxygen atoms in total. The number of fused-ring (bicyclic) bond motifs is 1. The molecule has 1 fully saturated rings. The second-order valence-electron chi connectivity index (χ2n) is 6.83. The number of carbonyl (C=O) groups excluding carboxylic acids is 1. The average Bonchev–Trinajstić information content (AvgIpc) is 3.01. The number of anilines is 1. The first-order valence-corrected chi connectivity index (χ1v) is 11.5. The molecule has 9 heteroatoms. The fraction of sp³-hybridized carbons (Fsp3) is 0.250. The van der Waals surface area contributed by atoms with Crippen LogP contribution in [0, 0.1) is 0 Å². The Morgan fingerprint density at radius 3 is 2.83 bits per heavy atom. The summed E-state index contributed by atoms with van der Waals surface area (Å²) in [6.07, 6.45) is 5.67. The Morgan fingerprint density at radius 1 is 1.21 bits per heavy atom. The lowest BCUT2D eigenvalue weighted by Gasteiger charge is -2.33. The molecule has 0 bridgehead atoms. The Labute approximate surface area is 189 Å². The Hall–Kier alpha value is -1.81. The van der Waals surface area contributed by atoms with E-state index >= 15 is 0 Å². The van der Waals surface area contributed by atoms with Gasteiger partial charge < -0.3 is 10.6 Å². The van der Waals surface area contributed by atoms with Crippen molar-refractivity contribution in [2.45, 2.75) is 6.54 Å². The fourth-order valence-corrected chi connectivity index (χ4v) is 5.31. The standard InChI is InChI=1S/C20H19Br2N5OS/c21-16-9-14(29-19(16)22)2-1-5-26-6-7-27(18(28)11-26)10-13-3-4-15-17(8-13)24-12-25-20(15)23/h1-4,8-9,12H,5-7,10-11H2,(H2,23,24,25). The molecule has 3 aromatic rings. The quantitative estimate of drug-likeness (QED) is 0.530. The molecule has 1 aliphatic heterocycles. The van der Waals surface area contributed by atoms with Crippen molar-refractivity contribution in [1.29, 1.82) is 0 Å². The van der Waals surface area contributed by atoms with Crippen molar-refractivity contribution in [3.05, 3.63) is 55.4 Å². The molecule has 2 N–H and O–H groups in total. The number of carbonyl (C=O) groups is 1. The van der Waals surface area contributed by atoms with Crippen LogP contribution in [0.1, 0.15) is 10.4 Å². The Morgan fingerprint density at radius 2 is 2.07 bits per heavy atom. The molecule has 0 radical (unpaired) electrons. The predicted molar refractivity (Wildman–Crippen MR) is 125 cm³/mol. The van der Waals surface area contributed by atoms with Gasteiger partial charge in [0, 0.05) is 40.9 Å². The lowest BCUT2D eigenvalue weighted by Crippen LogP contribution is -2.49. The number of amides is 1. The van der Waals surface area contributed by atoms with Crippen LogP contribution >= 0.6 is 43.2 Å². The number of hydrogen-bond acceptors (Lipinski definition) is 6. The summed E-state index contributed by atoms with van der Waals surface area (Å²) in [4.78, 5) is 26.1. The monoisotopic (exact) mass is 535 g/mol. The third-order valence-corrected chi connectivity index (χ3v) is 8.03. The summed E-state index contributed by atoms with van der Waals surface area (Å²) in [5.74, 6) is 0.620. The van der Waals surface area contributed by atoms with Crippen LogP contribution in [-0.4, -0.2) is 51.9 Å². The predicted octanol–water partition coefficient (Wildman–Crippen LogP) is 4.16. The number of hydrogen-bond donors (Lipinski definition) is 1. The smallest absolute Gasteiger partial charge is 0.237 e. The van der Waals surface area contributed by atoms with Gasteiger partial charge in [0.2, 0.25) is 5.91 Å². The van der Waals surface area contributed by atoms with Gasteiger partial charge in [-0.25, -0.2) is 9.97 Å². The van der Waals surface area contributed by atoms with E-state index in [-0.39, 0.29) is 5.91 Å². The summed E-state index contributed by atoms with van der Waals surface area (Å²) < 4.78 is 2.15. The zero-order chi connectivity index (χ0) is 20.4. The second-order valence-corrected chi connectivity index (χ2v) is 10.1. The van der Waals surface area contributed by atoms with E-state index in [1.807, 2.05) is 23.1 Å². The molecular formula is C20H19Br2N5OS. The van der Waals surface area contributed by atoms with Gasteiger partial charge in [-0.1, -0.05) is 12.1 Å². The van der Waals surface area contributed by atoms with E-state index in [2.05, 4.69) is 64.9 Å². The Balaban J connectivity index is 1.34. The highest BCUT2D eigenvalue weighted by molar-refractivity contribution is 9.13. The first-order chi connectivity index (χ1) is 14.0. The lowest BCUT2D eigenvalue weighted by molar-refractivity contribution is -0.136. The maximum absolute atomic E-state index is 12.6. The highest BCUT2D eigenvalue weighted by Crippen LogP contribution is 2.33. The molecule has 2 aromatic heterocycles. The summed E-state index contributed by atoms with van der Waals surface area (Å²) in [6, 6.07) is 7.97. The minimum absolute atomic E-state index is 0.147. The molecule has 1 saturated heterocycles. The fourth-order valence-electron chi connectivity index (χ4n) is 3.29. The topological polar surface area (TPSA) is 75.3 Å². The van der Waals surface area contributed by atoms with Crippen molar-refractivity contribution < 1.29 is 4.79 Å². The summed E-state index contributed by atoms with van der Waals surface area (Å²) in [5.41, 5.74) is 7.73. The van der Waals surface area contributed by atoms with E-state index < -0.39 is 0 Å². The van der Waals surface area contributed by atoms with Crippen LogP contribution in [0.2, 0.25) is 0 Å². The molecule has 1 aromatic carbocycles. The van der Waals surface area contributed by atoms with Crippen LogP contribution in [-0.2, 0) is 11.3 Å². The molecule has 0 saturated carbocycles. The number of halogens is 2. The number of piperazine rings is 1. The number of nitrogens with two attached hydrogens (primary N) is 1. The Bertz CT molecular complexity index is 1060. The lowest BCUT2D eigenvalue weighted by atomic mass is 10.1. The molecule has 0 unspecified atom stereocenters. The molecule has 29 heavy (non-hydrogen) atoms. The van der Waals surface area contributed by atoms with Gasteiger partial charge in [0.05, 0.1) is 15.8 Å². The first-order valence-electron chi connectivity index (χ1n) is 9.10. The van der Waals surface area contributed by atoms with Gasteiger partial charge in [-0.05, 0) is 61.7 Å². The molecule has 1 aliphatic rings. The molecule has 150 valence electrons. The summed E-state index contributed by atoms with van der Waals surface area (Å²) in [6.45, 7) is 3.35. The van der Waals surface area contributed by atoms with E-state index in [9.17, 15) is 4.79 Å². The van der Waals surface area contributed by atoms with E-state index in [1.54, 1.807) is 11.3 Å². The summed E-state index contributed by atoms with van der Waals surface area (Å²) in [7, 11) is 0. The van der Waals surface area contributed by atoms with Gasteiger partial charge in [-0.2, -0.15) is 0 Å². The van der Waals surface area contributed by atoms with Crippen molar-refractivity contribution >= 4 is 71.9 Å². The zero-order valence-electron chi connectivity index (χ0n) is 15.5. The maximum Gasteiger partial charge on any atom is 0.237 e. The van der Waals surface area contributed by atoms with Crippen LogP contribution in [0.25, 0.3) is 17.0 Å². The van der Waals surface area contributed by atoms with E-state index in [1.165, 1.54) is 11.2 Å². The first kappa shape index (κ1) is 20.5. The molecule has 3 heterocycles. The average molecular weight is 537 g/mol. The number of nitrogen functional groups attached to an aromatic ring is 1. The van der Waals surface area contributed by atoms with Crippen molar-refractivity contribution in [3.63, 3.8) is 0 Å². The van der Waals surface area contributed by atoms with Crippen LogP contribution in [0.3, 0.4) is 0 Å². The van der Waals surface area contributed by atoms with Crippen LogP contribution in [0.15, 0.2) is 44.9 Å². The normalized spacial score (nSPS) is 15.7. The molecule has 0 atom stereocenters. The van der Waals surface area contributed by atoms with Crippen LogP contribution in [0.5, 0.6) is 0 Å². The van der Waals surface area contributed by atoms with Gasteiger partial charge in [-0.3, -0.25) is 9.69 Å². The van der Waals surface area contributed by atoms with Gasteiger partial charge >= 0.3 is 0 Å². The summed E-state index contributed by atoms with van der Waals surface area (Å²) in [5, 5.41) is 0.837. The van der Waals surface area contributed by atoms with Crippen molar-refractivity contribution in [3.8, 4) is 0 Å². The molecule has 0 aliphatic carbocycles.